The van der Waals surface area contributed by atoms with Crippen LogP contribution in [0.15, 0.2) is 52.1 Å². The fourth-order valence-corrected chi connectivity index (χ4v) is 3.14. The first-order valence-corrected chi connectivity index (χ1v) is 9.68. The number of rotatable bonds is 8. The Bertz CT molecular complexity index is 964. The molecule has 0 aliphatic heterocycles. The molecule has 2 aromatic carbocycles. The summed E-state index contributed by atoms with van der Waals surface area (Å²) in [4.78, 5) is 12.1. The van der Waals surface area contributed by atoms with E-state index < -0.39 is 0 Å². The molecule has 3 aromatic rings. The lowest BCUT2D eigenvalue weighted by Gasteiger charge is -2.08. The lowest BCUT2D eigenvalue weighted by Crippen LogP contribution is -2.14. The second-order valence-corrected chi connectivity index (χ2v) is 7.06. The van der Waals surface area contributed by atoms with E-state index >= 15 is 0 Å². The van der Waals surface area contributed by atoms with Crippen LogP contribution in [0.25, 0.3) is 0 Å². The highest BCUT2D eigenvalue weighted by Crippen LogP contribution is 2.25. The van der Waals surface area contributed by atoms with Crippen LogP contribution in [0.5, 0.6) is 11.5 Å². The maximum Gasteiger partial charge on any atom is 0.277 e. The van der Waals surface area contributed by atoms with Crippen molar-refractivity contribution in [1.29, 1.82) is 0 Å². The number of aromatic nitrogens is 2. The van der Waals surface area contributed by atoms with Gasteiger partial charge in [0.15, 0.2) is 6.61 Å². The van der Waals surface area contributed by atoms with E-state index in [1.807, 2.05) is 25.1 Å². The molecule has 0 bridgehead atoms. The number of para-hydroxylation sites is 2. The monoisotopic (exact) mass is 419 g/mol. The molecule has 9 heteroatoms. The number of aryl methyl sites for hydroxylation is 1. The molecule has 1 heterocycles. The first kappa shape index (κ1) is 20.0. The molecule has 1 N–H and O–H groups in total. The Morgan fingerprint density at radius 2 is 2.04 bits per heavy atom. The van der Waals surface area contributed by atoms with E-state index in [1.165, 1.54) is 0 Å². The fourth-order valence-electron chi connectivity index (χ4n) is 2.33. The number of carbonyl (C=O) groups excluding carboxylic acids is 1. The van der Waals surface area contributed by atoms with Crippen molar-refractivity contribution in [1.82, 2.24) is 10.2 Å². The minimum absolute atomic E-state index is 0.122. The number of hydrogen-bond acceptors (Lipinski definition) is 7. The normalized spacial score (nSPS) is 10.5. The summed E-state index contributed by atoms with van der Waals surface area (Å²) in [6.45, 7) is 2.03. The van der Waals surface area contributed by atoms with Gasteiger partial charge in [-0.2, -0.15) is 0 Å². The minimum atomic E-state index is -0.206. The van der Waals surface area contributed by atoms with Crippen molar-refractivity contribution in [3.8, 4) is 11.5 Å². The van der Waals surface area contributed by atoms with Gasteiger partial charge in [-0.3, -0.25) is 4.79 Å². The Labute approximate surface area is 171 Å². The molecule has 1 amide bonds. The number of benzene rings is 2. The number of nitrogens with one attached hydrogen (secondary N) is 1. The number of nitrogens with zero attached hydrogens (tertiary/aromatic N) is 2. The van der Waals surface area contributed by atoms with E-state index in [4.69, 9.17) is 25.5 Å². The lowest BCUT2D eigenvalue weighted by atomic mass is 10.2. The van der Waals surface area contributed by atoms with Gasteiger partial charge in [0.05, 0.1) is 18.6 Å². The molecule has 0 unspecified atom stereocenters. The van der Waals surface area contributed by atoms with E-state index in [0.29, 0.717) is 33.3 Å². The maximum atomic E-state index is 12.1. The zero-order valence-electron chi connectivity index (χ0n) is 15.3. The first-order chi connectivity index (χ1) is 13.5. The fraction of sp³-hybridized carbons (Fsp3) is 0.211. The molecule has 146 valence electrons. The summed E-state index contributed by atoms with van der Waals surface area (Å²) in [5.74, 6) is 1.52. The van der Waals surface area contributed by atoms with E-state index in [0.717, 1.165) is 17.3 Å². The summed E-state index contributed by atoms with van der Waals surface area (Å²) in [5.41, 5.74) is 1.52. The number of halogens is 1. The van der Waals surface area contributed by atoms with Crippen molar-refractivity contribution < 1.29 is 18.7 Å². The topological polar surface area (TPSA) is 86.5 Å². The van der Waals surface area contributed by atoms with Gasteiger partial charge in [0.25, 0.3) is 11.1 Å². The van der Waals surface area contributed by atoms with E-state index in [1.54, 1.807) is 31.4 Å². The first-order valence-electron chi connectivity index (χ1n) is 8.32. The molecular weight excluding hydrogens is 402 g/mol. The van der Waals surface area contributed by atoms with Crippen LogP contribution in [0.2, 0.25) is 5.02 Å². The number of ether oxygens (including phenoxy) is 2. The summed E-state index contributed by atoms with van der Waals surface area (Å²) in [6, 6.07) is 12.5. The van der Waals surface area contributed by atoms with Gasteiger partial charge in [0, 0.05) is 5.02 Å². The van der Waals surface area contributed by atoms with Gasteiger partial charge in [-0.1, -0.05) is 35.5 Å². The number of thioether (sulfide) groups is 1. The van der Waals surface area contributed by atoms with E-state index in [2.05, 4.69) is 15.5 Å². The lowest BCUT2D eigenvalue weighted by molar-refractivity contribution is -0.113. The van der Waals surface area contributed by atoms with Gasteiger partial charge < -0.3 is 19.2 Å². The Kier molecular flexibility index (Phi) is 6.78. The van der Waals surface area contributed by atoms with E-state index in [-0.39, 0.29) is 18.3 Å². The zero-order valence-corrected chi connectivity index (χ0v) is 16.8. The molecule has 3 rings (SSSR count). The zero-order chi connectivity index (χ0) is 19.9. The number of methoxy groups -OCH3 is 1. The minimum Gasteiger partial charge on any atom is -0.495 e. The molecule has 0 saturated heterocycles. The van der Waals surface area contributed by atoms with Gasteiger partial charge in [0.1, 0.15) is 11.5 Å². The van der Waals surface area contributed by atoms with Gasteiger partial charge in [-0.15, -0.1) is 10.2 Å². The molecule has 0 spiro atoms. The highest BCUT2D eigenvalue weighted by atomic mass is 35.5. The number of hydrogen-bond donors (Lipinski definition) is 1. The van der Waals surface area contributed by atoms with E-state index in [9.17, 15) is 4.79 Å². The molecule has 0 radical (unpaired) electrons. The number of anilines is 1. The largest absolute Gasteiger partial charge is 0.495 e. The maximum absolute atomic E-state index is 12.1. The molecule has 0 aliphatic rings. The average molecular weight is 420 g/mol. The predicted octanol–water partition coefficient (Wildman–Crippen LogP) is 4.35. The summed E-state index contributed by atoms with van der Waals surface area (Å²) in [6.07, 6.45) is 0. The van der Waals surface area contributed by atoms with Crippen LogP contribution in [0.1, 0.15) is 11.5 Å². The van der Waals surface area contributed by atoms with Crippen molar-refractivity contribution in [2.45, 2.75) is 18.8 Å². The molecular formula is C19H18ClN3O4S. The van der Waals surface area contributed by atoms with Crippen LogP contribution in [0, 0.1) is 6.92 Å². The summed E-state index contributed by atoms with van der Waals surface area (Å²) >= 11 is 7.07. The van der Waals surface area contributed by atoms with Gasteiger partial charge in [-0.05, 0) is 42.8 Å². The third kappa shape index (κ3) is 5.40. The van der Waals surface area contributed by atoms with Crippen molar-refractivity contribution in [2.24, 2.45) is 0 Å². The Morgan fingerprint density at radius 3 is 2.82 bits per heavy atom. The summed E-state index contributed by atoms with van der Waals surface area (Å²) < 4.78 is 16.4. The summed E-state index contributed by atoms with van der Waals surface area (Å²) in [7, 11) is 1.55. The molecule has 0 atom stereocenters. The van der Waals surface area contributed by atoms with Crippen LogP contribution >= 0.6 is 23.4 Å². The molecule has 0 saturated carbocycles. The van der Waals surface area contributed by atoms with Crippen LogP contribution in [0.3, 0.4) is 0 Å². The quantitative estimate of drug-likeness (QED) is 0.543. The smallest absolute Gasteiger partial charge is 0.277 e. The Hall–Kier alpha value is -2.71. The van der Waals surface area contributed by atoms with Gasteiger partial charge in [0.2, 0.25) is 5.91 Å². The standard InChI is InChI=1S/C19H18ClN3O4S/c1-12-9-13(20)7-8-15(12)26-10-18-22-23-19(27-18)28-11-17(24)21-14-5-3-4-6-16(14)25-2/h3-9H,10-11H2,1-2H3,(H,21,24). The van der Waals surface area contributed by atoms with Gasteiger partial charge in [-0.25, -0.2) is 0 Å². The summed E-state index contributed by atoms with van der Waals surface area (Å²) in [5, 5.41) is 11.6. The van der Waals surface area contributed by atoms with Crippen molar-refractivity contribution in [2.75, 3.05) is 18.2 Å². The highest BCUT2D eigenvalue weighted by molar-refractivity contribution is 7.99. The third-order valence-corrected chi connectivity index (χ3v) is 4.70. The molecule has 1 aromatic heterocycles. The molecule has 0 aliphatic carbocycles. The van der Waals surface area contributed by atoms with Gasteiger partial charge >= 0.3 is 0 Å². The SMILES string of the molecule is COc1ccccc1NC(=O)CSc1nnc(COc2ccc(Cl)cc2C)o1. The predicted molar refractivity (Wildman–Crippen MR) is 107 cm³/mol. The van der Waals surface area contributed by atoms with Crippen LogP contribution in [-0.2, 0) is 11.4 Å². The Balaban J connectivity index is 1.49. The third-order valence-electron chi connectivity index (χ3n) is 3.64. The highest BCUT2D eigenvalue weighted by Gasteiger charge is 2.12. The molecule has 28 heavy (non-hydrogen) atoms. The van der Waals surface area contributed by atoms with Crippen LogP contribution < -0.4 is 14.8 Å². The molecule has 0 fully saturated rings. The number of carbonyl (C=O) groups is 1. The second-order valence-electron chi connectivity index (χ2n) is 5.70. The van der Waals surface area contributed by atoms with Crippen LogP contribution in [0.4, 0.5) is 5.69 Å². The van der Waals surface area contributed by atoms with Crippen molar-refractivity contribution in [3.05, 3.63) is 58.9 Å². The Morgan fingerprint density at radius 1 is 1.21 bits per heavy atom. The van der Waals surface area contributed by atoms with Crippen LogP contribution in [-0.4, -0.2) is 29.0 Å². The second kappa shape index (κ2) is 9.48. The van der Waals surface area contributed by atoms with Crippen molar-refractivity contribution >= 4 is 35.0 Å². The van der Waals surface area contributed by atoms with Crippen molar-refractivity contribution in [3.63, 3.8) is 0 Å². The number of amides is 1. The average Bonchev–Trinajstić information content (AvgIpc) is 3.14. The molecule has 7 nitrogen and oxygen atoms in total.